The van der Waals surface area contributed by atoms with Crippen LogP contribution in [0.2, 0.25) is 0 Å². The van der Waals surface area contributed by atoms with E-state index in [1.807, 2.05) is 0 Å². The van der Waals surface area contributed by atoms with Gasteiger partial charge in [0.25, 0.3) is 0 Å². The minimum Gasteiger partial charge on any atom is -0.285 e. The molecular weight excluding hydrogens is 269 g/mol. The lowest BCUT2D eigenvalue weighted by atomic mass is 10.1. The molecule has 7 heteroatoms. The molecule has 0 bridgehead atoms. The number of aromatic amines is 1. The smallest absolute Gasteiger partial charge is 0.241 e. The van der Waals surface area contributed by atoms with Gasteiger partial charge in [0, 0.05) is 18.3 Å². The number of aryl methyl sites for hydroxylation is 2. The van der Waals surface area contributed by atoms with Crippen molar-refractivity contribution < 1.29 is 12.8 Å². The van der Waals surface area contributed by atoms with Crippen molar-refractivity contribution in [3.8, 4) is 0 Å². The number of sulfonamides is 1. The van der Waals surface area contributed by atoms with Crippen molar-refractivity contribution in [1.82, 2.24) is 14.9 Å². The van der Waals surface area contributed by atoms with Crippen LogP contribution in [-0.4, -0.2) is 18.6 Å². The summed E-state index contributed by atoms with van der Waals surface area (Å²) >= 11 is 0. The van der Waals surface area contributed by atoms with Crippen molar-refractivity contribution in [3.05, 3.63) is 47.0 Å². The Hall–Kier alpha value is -1.73. The molecule has 0 aliphatic carbocycles. The molecule has 0 saturated heterocycles. The predicted octanol–water partition coefficient (Wildman–Crippen LogP) is 1.64. The van der Waals surface area contributed by atoms with E-state index in [2.05, 4.69) is 14.9 Å². The molecule has 0 aliphatic heterocycles. The lowest BCUT2D eigenvalue weighted by Gasteiger charge is -2.11. The molecule has 1 aromatic heterocycles. The number of aromatic nitrogens is 2. The number of nitrogens with zero attached hydrogens (tertiary/aromatic N) is 1. The van der Waals surface area contributed by atoms with Crippen molar-refractivity contribution in [3.63, 3.8) is 0 Å². The minimum absolute atomic E-state index is 0.123. The number of nitrogens with one attached hydrogen (secondary N) is 2. The topological polar surface area (TPSA) is 74.8 Å². The summed E-state index contributed by atoms with van der Waals surface area (Å²) in [7, 11) is -3.67. The van der Waals surface area contributed by atoms with Crippen molar-refractivity contribution in [2.75, 3.05) is 0 Å². The highest BCUT2D eigenvalue weighted by molar-refractivity contribution is 7.89. The molecule has 5 nitrogen and oxygen atoms in total. The van der Waals surface area contributed by atoms with Crippen LogP contribution >= 0.6 is 0 Å². The highest BCUT2D eigenvalue weighted by Crippen LogP contribution is 2.21. The molecule has 19 heavy (non-hydrogen) atoms. The van der Waals surface area contributed by atoms with Gasteiger partial charge in [-0.25, -0.2) is 17.5 Å². The average Bonchev–Trinajstić information content (AvgIpc) is 2.77. The molecule has 0 amide bonds. The van der Waals surface area contributed by atoms with Crippen molar-refractivity contribution in [2.45, 2.75) is 25.3 Å². The summed E-state index contributed by atoms with van der Waals surface area (Å²) in [4.78, 5) is 0.123. The third-order valence-electron chi connectivity index (χ3n) is 2.71. The Morgan fingerprint density at radius 1 is 1.32 bits per heavy atom. The molecule has 0 radical (unpaired) electrons. The van der Waals surface area contributed by atoms with Gasteiger partial charge in [-0.2, -0.15) is 5.10 Å². The average molecular weight is 283 g/mol. The first-order valence-corrected chi connectivity index (χ1v) is 7.12. The van der Waals surface area contributed by atoms with Crippen LogP contribution in [0.1, 0.15) is 16.7 Å². The van der Waals surface area contributed by atoms with E-state index in [1.54, 1.807) is 20.0 Å². The number of benzene rings is 1. The number of hydrogen-bond acceptors (Lipinski definition) is 3. The van der Waals surface area contributed by atoms with E-state index in [-0.39, 0.29) is 11.4 Å². The fourth-order valence-electron chi connectivity index (χ4n) is 1.95. The fraction of sp³-hybridized carbons (Fsp3) is 0.250. The zero-order valence-electron chi connectivity index (χ0n) is 10.6. The van der Waals surface area contributed by atoms with Crippen LogP contribution in [0, 0.1) is 19.7 Å². The molecule has 0 atom stereocenters. The summed E-state index contributed by atoms with van der Waals surface area (Å²) in [6.45, 7) is 3.28. The van der Waals surface area contributed by atoms with Gasteiger partial charge in [0.15, 0.2) is 0 Å². The SMILES string of the molecule is Cc1cc(F)cc(C)c1S(=O)(=O)NCc1cn[nH]c1. The first-order valence-electron chi connectivity index (χ1n) is 5.64. The first-order chi connectivity index (χ1) is 8.90. The highest BCUT2D eigenvalue weighted by Gasteiger charge is 2.20. The number of H-pyrrole nitrogens is 1. The van der Waals surface area contributed by atoms with Gasteiger partial charge in [0.2, 0.25) is 10.0 Å². The monoisotopic (exact) mass is 283 g/mol. The molecule has 2 rings (SSSR count). The zero-order chi connectivity index (χ0) is 14.0. The third-order valence-corrected chi connectivity index (χ3v) is 4.42. The lowest BCUT2D eigenvalue weighted by Crippen LogP contribution is -2.24. The van der Waals surface area contributed by atoms with Crippen molar-refractivity contribution in [2.24, 2.45) is 0 Å². The quantitative estimate of drug-likeness (QED) is 0.895. The summed E-state index contributed by atoms with van der Waals surface area (Å²) in [6, 6.07) is 2.42. The molecule has 1 aromatic carbocycles. The predicted molar refractivity (Wildman–Crippen MR) is 68.5 cm³/mol. The van der Waals surface area contributed by atoms with E-state index in [0.29, 0.717) is 11.1 Å². The van der Waals surface area contributed by atoms with Gasteiger partial charge in [-0.15, -0.1) is 0 Å². The van der Waals surface area contributed by atoms with E-state index in [1.165, 1.54) is 18.3 Å². The maximum atomic E-state index is 13.2. The Balaban J connectivity index is 2.29. The van der Waals surface area contributed by atoms with Crippen LogP contribution in [0.15, 0.2) is 29.4 Å². The highest BCUT2D eigenvalue weighted by atomic mass is 32.2. The maximum Gasteiger partial charge on any atom is 0.241 e. The van der Waals surface area contributed by atoms with Gasteiger partial charge in [0.1, 0.15) is 5.82 Å². The normalized spacial score (nSPS) is 11.7. The molecule has 0 spiro atoms. The Bertz CT molecular complexity index is 658. The fourth-order valence-corrected chi connectivity index (χ4v) is 3.41. The molecule has 0 fully saturated rings. The van der Waals surface area contributed by atoms with Gasteiger partial charge in [-0.3, -0.25) is 5.10 Å². The van der Waals surface area contributed by atoms with Gasteiger partial charge in [-0.05, 0) is 37.1 Å². The second-order valence-corrected chi connectivity index (χ2v) is 6.00. The molecular formula is C12H14FN3O2S. The molecule has 0 unspecified atom stereocenters. The van der Waals surface area contributed by atoms with E-state index in [0.717, 1.165) is 5.56 Å². The van der Waals surface area contributed by atoms with Crippen LogP contribution < -0.4 is 4.72 Å². The van der Waals surface area contributed by atoms with Gasteiger partial charge in [-0.1, -0.05) is 0 Å². The summed E-state index contributed by atoms with van der Waals surface area (Å²) in [6.07, 6.45) is 3.14. The summed E-state index contributed by atoms with van der Waals surface area (Å²) in [5.74, 6) is -0.441. The van der Waals surface area contributed by atoms with E-state index in [4.69, 9.17) is 0 Å². The summed E-state index contributed by atoms with van der Waals surface area (Å²) in [5.41, 5.74) is 1.50. The molecule has 102 valence electrons. The van der Waals surface area contributed by atoms with Gasteiger partial charge < -0.3 is 0 Å². The Labute approximate surface area is 110 Å². The number of hydrogen-bond donors (Lipinski definition) is 2. The Kier molecular flexibility index (Phi) is 3.68. The lowest BCUT2D eigenvalue weighted by molar-refractivity contribution is 0.578. The number of rotatable bonds is 4. The van der Waals surface area contributed by atoms with E-state index in [9.17, 15) is 12.8 Å². The largest absolute Gasteiger partial charge is 0.285 e. The van der Waals surface area contributed by atoms with Gasteiger partial charge >= 0.3 is 0 Å². The Morgan fingerprint density at radius 3 is 2.47 bits per heavy atom. The number of halogens is 1. The molecule has 2 N–H and O–H groups in total. The maximum absolute atomic E-state index is 13.2. The Morgan fingerprint density at radius 2 is 1.95 bits per heavy atom. The van der Waals surface area contributed by atoms with Gasteiger partial charge in [0.05, 0.1) is 11.1 Å². The van der Waals surface area contributed by atoms with Crippen LogP contribution in [0.3, 0.4) is 0 Å². The third kappa shape index (κ3) is 2.99. The second-order valence-electron chi connectivity index (χ2n) is 4.30. The summed E-state index contributed by atoms with van der Waals surface area (Å²) in [5, 5.41) is 6.33. The standard InChI is InChI=1S/C12H14FN3O2S/c1-8-3-11(13)4-9(2)12(8)19(17,18)16-7-10-5-14-15-6-10/h3-6,16H,7H2,1-2H3,(H,14,15). The van der Waals surface area contributed by atoms with Crippen LogP contribution in [-0.2, 0) is 16.6 Å². The zero-order valence-corrected chi connectivity index (χ0v) is 11.4. The first kappa shape index (κ1) is 13.7. The molecule has 0 aliphatic rings. The van der Waals surface area contributed by atoms with Crippen LogP contribution in [0.25, 0.3) is 0 Å². The summed E-state index contributed by atoms with van der Waals surface area (Å²) < 4.78 is 40.1. The van der Waals surface area contributed by atoms with E-state index >= 15 is 0 Å². The van der Waals surface area contributed by atoms with Crippen LogP contribution in [0.5, 0.6) is 0 Å². The molecule has 2 aromatic rings. The van der Waals surface area contributed by atoms with Crippen molar-refractivity contribution >= 4 is 10.0 Å². The molecule has 0 saturated carbocycles. The molecule has 1 heterocycles. The minimum atomic E-state index is -3.67. The second kappa shape index (κ2) is 5.10. The van der Waals surface area contributed by atoms with Crippen molar-refractivity contribution in [1.29, 1.82) is 0 Å². The van der Waals surface area contributed by atoms with E-state index < -0.39 is 15.8 Å². The van der Waals surface area contributed by atoms with Crippen LogP contribution in [0.4, 0.5) is 4.39 Å².